The largest absolute Gasteiger partial charge is 0.383 e. The lowest BCUT2D eigenvalue weighted by Gasteiger charge is -2.42. The molecule has 17 heavy (non-hydrogen) atoms. The van der Waals surface area contributed by atoms with E-state index in [4.69, 9.17) is 9.47 Å². The van der Waals surface area contributed by atoms with Crippen LogP contribution < -0.4 is 5.32 Å². The summed E-state index contributed by atoms with van der Waals surface area (Å²) in [5, 5.41) is 3.47. The lowest BCUT2D eigenvalue weighted by molar-refractivity contribution is -0.130. The van der Waals surface area contributed by atoms with Crippen LogP contribution in [0.25, 0.3) is 0 Å². The van der Waals surface area contributed by atoms with Crippen LogP contribution >= 0.6 is 0 Å². The molecule has 1 aliphatic rings. The van der Waals surface area contributed by atoms with Crippen molar-refractivity contribution in [3.8, 4) is 0 Å². The summed E-state index contributed by atoms with van der Waals surface area (Å²) in [6.45, 7) is 13.4. The maximum atomic E-state index is 5.91. The van der Waals surface area contributed by atoms with Crippen LogP contribution in [0.15, 0.2) is 0 Å². The van der Waals surface area contributed by atoms with Gasteiger partial charge in [-0.05, 0) is 27.3 Å². The number of methoxy groups -OCH3 is 1. The lowest BCUT2D eigenvalue weighted by atomic mass is 10.0. The van der Waals surface area contributed by atoms with Crippen molar-refractivity contribution in [3.63, 3.8) is 0 Å². The number of hydrogen-bond donors (Lipinski definition) is 1. The average Bonchev–Trinajstić information content (AvgIpc) is 2.14. The molecule has 0 amide bonds. The predicted molar refractivity (Wildman–Crippen MR) is 70.4 cm³/mol. The van der Waals surface area contributed by atoms with Gasteiger partial charge in [0.25, 0.3) is 0 Å². The first-order valence-corrected chi connectivity index (χ1v) is 6.59. The fourth-order valence-corrected chi connectivity index (χ4v) is 2.70. The molecule has 0 aromatic rings. The fourth-order valence-electron chi connectivity index (χ4n) is 2.70. The van der Waals surface area contributed by atoms with Gasteiger partial charge in [-0.25, -0.2) is 0 Å². The Kier molecular flexibility index (Phi) is 5.86. The Morgan fingerprint density at radius 1 is 1.53 bits per heavy atom. The van der Waals surface area contributed by atoms with Gasteiger partial charge in [0.2, 0.25) is 0 Å². The zero-order valence-corrected chi connectivity index (χ0v) is 12.0. The van der Waals surface area contributed by atoms with Gasteiger partial charge in [-0.3, -0.25) is 4.90 Å². The first-order chi connectivity index (χ1) is 7.96. The number of nitrogens with zero attached hydrogens (tertiary/aromatic N) is 1. The zero-order valence-electron chi connectivity index (χ0n) is 12.0. The molecule has 0 spiro atoms. The van der Waals surface area contributed by atoms with E-state index in [0.29, 0.717) is 12.1 Å². The number of rotatable bonds is 6. The van der Waals surface area contributed by atoms with Gasteiger partial charge in [0.05, 0.1) is 18.3 Å². The van der Waals surface area contributed by atoms with Crippen LogP contribution in [0.3, 0.4) is 0 Å². The van der Waals surface area contributed by atoms with E-state index in [1.165, 1.54) is 0 Å². The minimum Gasteiger partial charge on any atom is -0.383 e. The highest BCUT2D eigenvalue weighted by molar-refractivity contribution is 4.84. The molecule has 102 valence electrons. The molecule has 0 aromatic carbocycles. The Bertz CT molecular complexity index is 215. The van der Waals surface area contributed by atoms with Crippen LogP contribution in [-0.4, -0.2) is 62.5 Å². The molecule has 0 bridgehead atoms. The number of ether oxygens (including phenoxy) is 2. The Balaban J connectivity index is 2.47. The van der Waals surface area contributed by atoms with Crippen LogP contribution in [0, 0.1) is 0 Å². The molecule has 1 rings (SSSR count). The number of morpholine rings is 1. The Morgan fingerprint density at radius 2 is 2.24 bits per heavy atom. The van der Waals surface area contributed by atoms with Crippen molar-refractivity contribution >= 4 is 0 Å². The molecule has 1 N–H and O–H groups in total. The third-order valence-corrected chi connectivity index (χ3v) is 2.98. The zero-order chi connectivity index (χ0) is 12.9. The van der Waals surface area contributed by atoms with Gasteiger partial charge in [-0.15, -0.1) is 0 Å². The maximum absolute atomic E-state index is 5.91. The van der Waals surface area contributed by atoms with Crippen molar-refractivity contribution in [1.82, 2.24) is 10.2 Å². The normalized spacial score (nSPS) is 27.0. The van der Waals surface area contributed by atoms with Gasteiger partial charge in [0.15, 0.2) is 0 Å². The Morgan fingerprint density at radius 3 is 2.76 bits per heavy atom. The highest BCUT2D eigenvalue weighted by Crippen LogP contribution is 2.20. The van der Waals surface area contributed by atoms with Crippen LogP contribution in [0.2, 0.25) is 0 Å². The summed E-state index contributed by atoms with van der Waals surface area (Å²) in [5.41, 5.74) is -0.0402. The molecule has 0 saturated carbocycles. The third kappa shape index (κ3) is 5.34. The Labute approximate surface area is 106 Å². The van der Waals surface area contributed by atoms with Gasteiger partial charge in [-0.2, -0.15) is 0 Å². The number of nitrogens with one attached hydrogen (secondary N) is 1. The van der Waals surface area contributed by atoms with Crippen LogP contribution in [-0.2, 0) is 9.47 Å². The van der Waals surface area contributed by atoms with E-state index < -0.39 is 0 Å². The quantitative estimate of drug-likeness (QED) is 0.759. The summed E-state index contributed by atoms with van der Waals surface area (Å²) in [4.78, 5) is 2.47. The van der Waals surface area contributed by atoms with E-state index in [2.05, 4.69) is 37.9 Å². The standard InChI is InChI=1S/C13H28N2O2/c1-6-14-12(9-16-5)8-15-7-11(2)17-13(3,4)10-15/h11-12,14H,6-10H2,1-5H3. The van der Waals surface area contributed by atoms with Gasteiger partial charge < -0.3 is 14.8 Å². The molecule has 2 atom stereocenters. The minimum atomic E-state index is -0.0402. The summed E-state index contributed by atoms with van der Waals surface area (Å²) in [6.07, 6.45) is 0.309. The molecular weight excluding hydrogens is 216 g/mol. The maximum Gasteiger partial charge on any atom is 0.0757 e. The summed E-state index contributed by atoms with van der Waals surface area (Å²) >= 11 is 0. The molecule has 1 heterocycles. The summed E-state index contributed by atoms with van der Waals surface area (Å²) < 4.78 is 11.2. The van der Waals surface area contributed by atoms with E-state index in [1.54, 1.807) is 7.11 Å². The second-order valence-electron chi connectivity index (χ2n) is 5.59. The molecule has 1 fully saturated rings. The van der Waals surface area contributed by atoms with E-state index in [-0.39, 0.29) is 5.60 Å². The predicted octanol–water partition coefficient (Wildman–Crippen LogP) is 1.11. The highest BCUT2D eigenvalue weighted by Gasteiger charge is 2.31. The first kappa shape index (κ1) is 14.9. The van der Waals surface area contributed by atoms with Crippen molar-refractivity contribution in [3.05, 3.63) is 0 Å². The highest BCUT2D eigenvalue weighted by atomic mass is 16.5. The van der Waals surface area contributed by atoms with E-state index in [9.17, 15) is 0 Å². The summed E-state index contributed by atoms with van der Waals surface area (Å²) in [5.74, 6) is 0. The molecular formula is C13H28N2O2. The van der Waals surface area contributed by atoms with Crippen molar-refractivity contribution in [1.29, 1.82) is 0 Å². The molecule has 1 saturated heterocycles. The third-order valence-electron chi connectivity index (χ3n) is 2.98. The number of likely N-dealkylation sites (N-methyl/N-ethyl adjacent to an activating group) is 1. The first-order valence-electron chi connectivity index (χ1n) is 6.59. The van der Waals surface area contributed by atoms with E-state index in [0.717, 1.165) is 32.8 Å². The molecule has 1 aliphatic heterocycles. The van der Waals surface area contributed by atoms with Crippen molar-refractivity contribution in [2.75, 3.05) is 39.9 Å². The molecule has 0 aliphatic carbocycles. The second kappa shape index (κ2) is 6.69. The van der Waals surface area contributed by atoms with Crippen molar-refractivity contribution < 1.29 is 9.47 Å². The summed E-state index contributed by atoms with van der Waals surface area (Å²) in [6, 6.07) is 0.408. The van der Waals surface area contributed by atoms with Gasteiger partial charge in [0, 0.05) is 32.8 Å². The molecule has 2 unspecified atom stereocenters. The second-order valence-corrected chi connectivity index (χ2v) is 5.59. The number of hydrogen-bond acceptors (Lipinski definition) is 4. The van der Waals surface area contributed by atoms with E-state index in [1.807, 2.05) is 0 Å². The molecule has 0 aromatic heterocycles. The minimum absolute atomic E-state index is 0.0402. The fraction of sp³-hybridized carbons (Fsp3) is 1.00. The van der Waals surface area contributed by atoms with Crippen molar-refractivity contribution in [2.24, 2.45) is 0 Å². The van der Waals surface area contributed by atoms with Gasteiger partial charge in [-0.1, -0.05) is 6.92 Å². The Hall–Kier alpha value is -0.160. The smallest absolute Gasteiger partial charge is 0.0757 e. The molecule has 0 radical (unpaired) electrons. The van der Waals surface area contributed by atoms with Gasteiger partial charge in [0.1, 0.15) is 0 Å². The van der Waals surface area contributed by atoms with Crippen LogP contribution in [0.5, 0.6) is 0 Å². The average molecular weight is 244 g/mol. The monoisotopic (exact) mass is 244 g/mol. The van der Waals surface area contributed by atoms with Crippen LogP contribution in [0.4, 0.5) is 0 Å². The van der Waals surface area contributed by atoms with Gasteiger partial charge >= 0.3 is 0 Å². The SMILES string of the molecule is CCNC(COC)CN1CC(C)OC(C)(C)C1. The molecule has 4 nitrogen and oxygen atoms in total. The summed E-state index contributed by atoms with van der Waals surface area (Å²) in [7, 11) is 1.76. The lowest BCUT2D eigenvalue weighted by Crippen LogP contribution is -2.55. The molecule has 4 heteroatoms. The van der Waals surface area contributed by atoms with Crippen molar-refractivity contribution in [2.45, 2.75) is 45.4 Å². The van der Waals surface area contributed by atoms with E-state index >= 15 is 0 Å². The topological polar surface area (TPSA) is 33.7 Å². The van der Waals surface area contributed by atoms with Crippen LogP contribution in [0.1, 0.15) is 27.7 Å².